The third-order valence-corrected chi connectivity index (χ3v) is 16.7. The molecule has 0 unspecified atom stereocenters. The van der Waals surface area contributed by atoms with Gasteiger partial charge in [-0.15, -0.1) is 0 Å². The molecule has 2 nitrogen and oxygen atoms in total. The fourth-order valence-corrected chi connectivity index (χ4v) is 12.8. The molecule has 0 radical (unpaired) electrons. The predicted octanol–water partition coefficient (Wildman–Crippen LogP) is 22.8. The van der Waals surface area contributed by atoms with E-state index in [2.05, 4.69) is 329 Å². The van der Waals surface area contributed by atoms with Crippen molar-refractivity contribution in [1.29, 1.82) is 0 Å². The van der Waals surface area contributed by atoms with Crippen molar-refractivity contribution in [3.8, 4) is 55.6 Å². The Morgan fingerprint density at radius 3 is 0.841 bits per heavy atom. The lowest BCUT2D eigenvalue weighted by atomic mass is 9.93. The molecule has 0 atom stereocenters. The molecule has 0 aliphatic heterocycles. The molecule has 0 amide bonds. The summed E-state index contributed by atoms with van der Waals surface area (Å²) in [6.07, 6.45) is 0. The molecule has 2 heteroatoms. The summed E-state index contributed by atoms with van der Waals surface area (Å²) in [5, 5.41) is 9.90. The van der Waals surface area contributed by atoms with Crippen LogP contribution in [-0.4, -0.2) is 0 Å². The minimum absolute atomic E-state index is 1.10. The highest BCUT2D eigenvalue weighted by atomic mass is 15.2. The fourth-order valence-electron chi connectivity index (χ4n) is 12.8. The molecule has 14 aromatic rings. The van der Waals surface area contributed by atoms with E-state index in [0.29, 0.717) is 0 Å². The largest absolute Gasteiger partial charge is 0.309 e. The monoisotopic (exact) mass is 1050 g/mol. The van der Waals surface area contributed by atoms with Crippen LogP contribution in [0.5, 0.6) is 0 Å². The second-order valence-corrected chi connectivity index (χ2v) is 21.8. The highest BCUT2D eigenvalue weighted by molar-refractivity contribution is 6.05. The molecule has 0 heterocycles. The van der Waals surface area contributed by atoms with Gasteiger partial charge < -0.3 is 9.80 Å². The molecule has 0 N–H and O–H groups in total. The maximum absolute atomic E-state index is 2.49. The molecule has 0 fully saturated rings. The van der Waals surface area contributed by atoms with Gasteiger partial charge in [0.25, 0.3) is 0 Å². The van der Waals surface area contributed by atoms with Gasteiger partial charge in [-0.3, -0.25) is 0 Å². The molecule has 0 saturated carbocycles. The molecular formula is C80H60N2. The minimum atomic E-state index is 1.10. The molecule has 0 aliphatic rings. The Bertz CT molecular complexity index is 4420. The first kappa shape index (κ1) is 50.0. The standard InChI is InChI=1S/C80H60N2/c1-53-19-13-37-75(73-35-17-27-59-23-7-11-31-71(59)73)79(53)81(65-45-39-61(40-46-65)69-33-15-25-57-21-5-9-29-67(57)69)77-49-43-63(51-55(77)3)64-44-50-78(56(4)52-64)82(66-47-41-62(42-48-66)70-34-16-26-58-22-6-10-30-68(58)70)80-54(2)20-14-38-76(80)74-36-18-28-60-24-8-12-32-72(60)74/h5-52H,1-4H3. The van der Waals surface area contributed by atoms with Crippen LogP contribution in [0.25, 0.3) is 98.7 Å². The molecule has 0 saturated heterocycles. The van der Waals surface area contributed by atoms with Gasteiger partial charge in [-0.1, -0.05) is 243 Å². The number of para-hydroxylation sites is 2. The summed E-state index contributed by atoms with van der Waals surface area (Å²) in [5.74, 6) is 0. The van der Waals surface area contributed by atoms with Crippen molar-refractivity contribution in [3.05, 3.63) is 313 Å². The SMILES string of the molecule is Cc1cc(-c2ccc(N(c3ccc(-c4cccc5ccccc45)cc3)c3c(C)cccc3-c3cccc4ccccc34)c(C)c2)ccc1N(c1ccc(-c2cccc3ccccc23)cc1)c1c(C)cccc1-c1cccc2ccccc12. The Kier molecular flexibility index (Phi) is 12.8. The van der Waals surface area contributed by atoms with Crippen LogP contribution in [-0.2, 0) is 0 Å². The number of hydrogen-bond donors (Lipinski definition) is 0. The Labute approximate surface area is 481 Å². The van der Waals surface area contributed by atoms with Crippen LogP contribution in [0, 0.1) is 27.7 Å². The maximum Gasteiger partial charge on any atom is 0.0569 e. The molecule has 14 rings (SSSR count). The van der Waals surface area contributed by atoms with Crippen molar-refractivity contribution < 1.29 is 0 Å². The molecule has 0 aliphatic carbocycles. The van der Waals surface area contributed by atoms with Crippen molar-refractivity contribution in [2.75, 3.05) is 9.80 Å². The zero-order chi connectivity index (χ0) is 55.3. The first-order valence-electron chi connectivity index (χ1n) is 28.5. The van der Waals surface area contributed by atoms with E-state index in [1.807, 2.05) is 0 Å². The van der Waals surface area contributed by atoms with Gasteiger partial charge in [0.1, 0.15) is 0 Å². The van der Waals surface area contributed by atoms with E-state index in [1.165, 1.54) is 121 Å². The molecule has 14 aromatic carbocycles. The van der Waals surface area contributed by atoms with Gasteiger partial charge in [0.2, 0.25) is 0 Å². The van der Waals surface area contributed by atoms with Crippen LogP contribution in [0.1, 0.15) is 22.3 Å². The second kappa shape index (κ2) is 21.1. The summed E-state index contributed by atoms with van der Waals surface area (Å²) in [6.45, 7) is 9.04. The Morgan fingerprint density at radius 2 is 0.488 bits per heavy atom. The highest BCUT2D eigenvalue weighted by Crippen LogP contribution is 2.49. The Morgan fingerprint density at radius 1 is 0.207 bits per heavy atom. The van der Waals surface area contributed by atoms with Gasteiger partial charge in [-0.2, -0.15) is 0 Å². The molecule has 0 bridgehead atoms. The van der Waals surface area contributed by atoms with Gasteiger partial charge in [0, 0.05) is 33.9 Å². The Hall–Kier alpha value is -10.3. The third kappa shape index (κ3) is 8.96. The predicted molar refractivity (Wildman–Crippen MR) is 352 cm³/mol. The number of fused-ring (bicyclic) bond motifs is 4. The lowest BCUT2D eigenvalue weighted by Crippen LogP contribution is -2.14. The van der Waals surface area contributed by atoms with E-state index in [-0.39, 0.29) is 0 Å². The van der Waals surface area contributed by atoms with Crippen molar-refractivity contribution in [2.45, 2.75) is 27.7 Å². The summed E-state index contributed by atoms with van der Waals surface area (Å²) in [4.78, 5) is 4.98. The topological polar surface area (TPSA) is 6.48 Å². The van der Waals surface area contributed by atoms with Gasteiger partial charge in [0.05, 0.1) is 11.4 Å². The van der Waals surface area contributed by atoms with Crippen LogP contribution in [0.15, 0.2) is 291 Å². The average molecular weight is 1050 g/mol. The quantitative estimate of drug-likeness (QED) is 0.127. The number of anilines is 6. The Balaban J connectivity index is 0.891. The molecule has 82 heavy (non-hydrogen) atoms. The molecule has 0 spiro atoms. The molecule has 390 valence electrons. The van der Waals surface area contributed by atoms with Crippen molar-refractivity contribution in [3.63, 3.8) is 0 Å². The van der Waals surface area contributed by atoms with Crippen LogP contribution >= 0.6 is 0 Å². The zero-order valence-corrected chi connectivity index (χ0v) is 46.6. The first-order valence-corrected chi connectivity index (χ1v) is 28.5. The van der Waals surface area contributed by atoms with Crippen LogP contribution in [0.3, 0.4) is 0 Å². The van der Waals surface area contributed by atoms with Gasteiger partial charge in [-0.05, 0) is 186 Å². The van der Waals surface area contributed by atoms with Crippen LogP contribution in [0.4, 0.5) is 34.1 Å². The summed E-state index contributed by atoms with van der Waals surface area (Å²) in [5.41, 5.74) is 23.5. The molecular weight excluding hydrogens is 989 g/mol. The second-order valence-electron chi connectivity index (χ2n) is 21.8. The van der Waals surface area contributed by atoms with Gasteiger partial charge >= 0.3 is 0 Å². The summed E-state index contributed by atoms with van der Waals surface area (Å²) in [7, 11) is 0. The van der Waals surface area contributed by atoms with E-state index in [1.54, 1.807) is 0 Å². The highest BCUT2D eigenvalue weighted by Gasteiger charge is 2.25. The van der Waals surface area contributed by atoms with Crippen LogP contribution < -0.4 is 9.80 Å². The normalized spacial score (nSPS) is 11.4. The van der Waals surface area contributed by atoms with Crippen molar-refractivity contribution in [1.82, 2.24) is 0 Å². The number of benzene rings is 14. The van der Waals surface area contributed by atoms with Gasteiger partial charge in [0.15, 0.2) is 0 Å². The van der Waals surface area contributed by atoms with E-state index in [9.17, 15) is 0 Å². The third-order valence-electron chi connectivity index (χ3n) is 16.7. The number of hydrogen-bond acceptors (Lipinski definition) is 2. The number of rotatable bonds is 11. The van der Waals surface area contributed by atoms with E-state index in [4.69, 9.17) is 0 Å². The fraction of sp³-hybridized carbons (Fsp3) is 0.0500. The number of aryl methyl sites for hydroxylation is 4. The van der Waals surface area contributed by atoms with Crippen LogP contribution in [0.2, 0.25) is 0 Å². The minimum Gasteiger partial charge on any atom is -0.309 e. The lowest BCUT2D eigenvalue weighted by Gasteiger charge is -2.32. The first-order chi connectivity index (χ1) is 40.3. The average Bonchev–Trinajstić information content (AvgIpc) is 3.72. The number of nitrogens with zero attached hydrogens (tertiary/aromatic N) is 2. The van der Waals surface area contributed by atoms with E-state index >= 15 is 0 Å². The van der Waals surface area contributed by atoms with Crippen molar-refractivity contribution in [2.24, 2.45) is 0 Å². The lowest BCUT2D eigenvalue weighted by molar-refractivity contribution is 1.22. The summed E-state index contributed by atoms with van der Waals surface area (Å²) < 4.78 is 0. The van der Waals surface area contributed by atoms with E-state index < -0.39 is 0 Å². The summed E-state index contributed by atoms with van der Waals surface area (Å²) >= 11 is 0. The van der Waals surface area contributed by atoms with Gasteiger partial charge in [-0.25, -0.2) is 0 Å². The molecule has 0 aromatic heterocycles. The van der Waals surface area contributed by atoms with Crippen molar-refractivity contribution >= 4 is 77.2 Å². The zero-order valence-electron chi connectivity index (χ0n) is 46.6. The smallest absolute Gasteiger partial charge is 0.0569 e. The summed E-state index contributed by atoms with van der Waals surface area (Å²) in [6, 6.07) is 107. The van der Waals surface area contributed by atoms with E-state index in [0.717, 1.165) is 34.1 Å². The maximum atomic E-state index is 2.49.